The molecule has 0 aromatic heterocycles. The first-order valence-corrected chi connectivity index (χ1v) is 6.78. The maximum atomic E-state index is 5.98. The van der Waals surface area contributed by atoms with Gasteiger partial charge in [0.2, 0.25) is 0 Å². The smallest absolute Gasteiger partial charge is 0.0830 e. The van der Waals surface area contributed by atoms with Crippen LogP contribution in [0.5, 0.6) is 0 Å². The molecule has 2 fully saturated rings. The van der Waals surface area contributed by atoms with E-state index < -0.39 is 0 Å². The van der Waals surface area contributed by atoms with E-state index in [-0.39, 0.29) is 0 Å². The van der Waals surface area contributed by atoms with E-state index in [4.69, 9.17) is 4.74 Å². The van der Waals surface area contributed by atoms with Gasteiger partial charge in [-0.25, -0.2) is 0 Å². The van der Waals surface area contributed by atoms with Crippen LogP contribution in [-0.4, -0.2) is 48.8 Å². The van der Waals surface area contributed by atoms with Crippen LogP contribution in [0.25, 0.3) is 0 Å². The molecule has 0 unspecified atom stereocenters. The Kier molecular flexibility index (Phi) is 4.22. The van der Waals surface area contributed by atoms with Gasteiger partial charge in [-0.15, -0.1) is 0 Å². The molecule has 0 aromatic carbocycles. The number of nitrogens with zero attached hydrogens (tertiary/aromatic N) is 1. The van der Waals surface area contributed by atoms with Gasteiger partial charge >= 0.3 is 0 Å². The highest BCUT2D eigenvalue weighted by Crippen LogP contribution is 2.23. The number of nitrogens with one attached hydrogen (secondary N) is 1. The highest BCUT2D eigenvalue weighted by molar-refractivity contribution is 4.84. The zero-order chi connectivity index (χ0) is 11.5. The van der Waals surface area contributed by atoms with Crippen molar-refractivity contribution in [2.45, 2.75) is 64.3 Å². The van der Waals surface area contributed by atoms with Gasteiger partial charge in [-0.3, -0.25) is 4.90 Å². The summed E-state index contributed by atoms with van der Waals surface area (Å²) in [5, 5.41) is 3.45. The summed E-state index contributed by atoms with van der Waals surface area (Å²) in [6, 6.07) is 1.45. The third-order valence-electron chi connectivity index (χ3n) is 4.02. The fourth-order valence-corrected chi connectivity index (χ4v) is 3.05. The van der Waals surface area contributed by atoms with Gasteiger partial charge in [0.05, 0.1) is 12.2 Å². The number of rotatable bonds is 2. The Bertz CT molecular complexity index is 212. The van der Waals surface area contributed by atoms with E-state index in [0.717, 1.165) is 31.7 Å². The summed E-state index contributed by atoms with van der Waals surface area (Å²) in [4.78, 5) is 2.63. The second kappa shape index (κ2) is 5.48. The van der Waals surface area contributed by atoms with Crippen LogP contribution in [0, 0.1) is 0 Å². The van der Waals surface area contributed by atoms with Gasteiger partial charge in [0.15, 0.2) is 0 Å². The Morgan fingerprint density at radius 1 is 1.12 bits per heavy atom. The molecule has 0 spiro atoms. The molecule has 0 aliphatic carbocycles. The van der Waals surface area contributed by atoms with Crippen LogP contribution in [0.2, 0.25) is 0 Å². The number of morpholine rings is 1. The average Bonchev–Trinajstić information content (AvgIpc) is 2.24. The zero-order valence-electron chi connectivity index (χ0n) is 10.9. The Hall–Kier alpha value is -0.120. The van der Waals surface area contributed by atoms with Crippen molar-refractivity contribution in [3.8, 4) is 0 Å². The van der Waals surface area contributed by atoms with E-state index in [0.29, 0.717) is 12.2 Å². The third-order valence-corrected chi connectivity index (χ3v) is 4.02. The number of hydrogen-bond acceptors (Lipinski definition) is 3. The topological polar surface area (TPSA) is 24.5 Å². The molecule has 2 aliphatic rings. The lowest BCUT2D eigenvalue weighted by Gasteiger charge is -2.42. The van der Waals surface area contributed by atoms with E-state index in [1.54, 1.807) is 0 Å². The third kappa shape index (κ3) is 2.96. The number of ether oxygens (including phenoxy) is 1. The largest absolute Gasteiger partial charge is 0.371 e. The van der Waals surface area contributed by atoms with Crippen LogP contribution < -0.4 is 5.32 Å². The van der Waals surface area contributed by atoms with E-state index in [1.165, 1.54) is 19.3 Å². The minimum absolute atomic E-state index is 0.370. The zero-order valence-corrected chi connectivity index (χ0v) is 10.9. The fraction of sp³-hybridized carbons (Fsp3) is 1.00. The molecule has 0 aromatic rings. The molecule has 3 nitrogen and oxygen atoms in total. The van der Waals surface area contributed by atoms with Crippen molar-refractivity contribution < 1.29 is 4.74 Å². The Morgan fingerprint density at radius 2 is 1.81 bits per heavy atom. The standard InChI is InChI=1S/C13H26N2O/c1-10-5-4-6-11(2)15(10)9-13-8-14-7-12(3)16-13/h10-14H,4-9H2,1-3H3/t10-,11+,12-,13+/m1/s1. The molecule has 0 amide bonds. The molecule has 2 rings (SSSR count). The van der Waals surface area contributed by atoms with E-state index >= 15 is 0 Å². The van der Waals surface area contributed by atoms with Crippen LogP contribution in [0.3, 0.4) is 0 Å². The predicted octanol–water partition coefficient (Wildman–Crippen LogP) is 1.63. The normalized spacial score (nSPS) is 42.2. The molecular weight excluding hydrogens is 200 g/mol. The maximum absolute atomic E-state index is 5.98. The van der Waals surface area contributed by atoms with Crippen LogP contribution in [0.4, 0.5) is 0 Å². The molecule has 2 aliphatic heterocycles. The lowest BCUT2D eigenvalue weighted by molar-refractivity contribution is -0.0579. The second-order valence-electron chi connectivity index (χ2n) is 5.55. The van der Waals surface area contributed by atoms with Gasteiger partial charge in [0.1, 0.15) is 0 Å². The minimum atomic E-state index is 0.370. The average molecular weight is 226 g/mol. The molecular formula is C13H26N2O. The molecule has 2 heterocycles. The van der Waals surface area contributed by atoms with E-state index in [9.17, 15) is 0 Å². The van der Waals surface area contributed by atoms with E-state index in [1.807, 2.05) is 0 Å². The van der Waals surface area contributed by atoms with Gasteiger partial charge in [-0.1, -0.05) is 6.42 Å². The van der Waals surface area contributed by atoms with Crippen LogP contribution in [0.15, 0.2) is 0 Å². The van der Waals surface area contributed by atoms with Gasteiger partial charge in [0, 0.05) is 31.7 Å². The SMILES string of the molecule is C[C@@H]1CNC[C@@H](CN2[C@H](C)CCC[C@@H]2C)O1. The van der Waals surface area contributed by atoms with Gasteiger partial charge in [-0.2, -0.15) is 0 Å². The van der Waals surface area contributed by atoms with E-state index in [2.05, 4.69) is 31.0 Å². The molecule has 3 heteroatoms. The summed E-state index contributed by atoms with van der Waals surface area (Å²) < 4.78 is 5.98. The Balaban J connectivity index is 1.86. The first-order chi connectivity index (χ1) is 7.66. The highest BCUT2D eigenvalue weighted by Gasteiger charge is 2.29. The lowest BCUT2D eigenvalue weighted by atomic mass is 9.97. The molecule has 94 valence electrons. The van der Waals surface area contributed by atoms with Crippen molar-refractivity contribution in [3.05, 3.63) is 0 Å². The number of piperidine rings is 1. The molecule has 1 N–H and O–H groups in total. The van der Waals surface area contributed by atoms with Gasteiger partial charge < -0.3 is 10.1 Å². The molecule has 2 saturated heterocycles. The summed E-state index contributed by atoms with van der Waals surface area (Å²) in [5.41, 5.74) is 0. The number of likely N-dealkylation sites (tertiary alicyclic amines) is 1. The van der Waals surface area contributed by atoms with Crippen molar-refractivity contribution in [2.24, 2.45) is 0 Å². The molecule has 16 heavy (non-hydrogen) atoms. The number of hydrogen-bond donors (Lipinski definition) is 1. The highest BCUT2D eigenvalue weighted by atomic mass is 16.5. The van der Waals surface area contributed by atoms with Crippen molar-refractivity contribution in [1.29, 1.82) is 0 Å². The van der Waals surface area contributed by atoms with Crippen LogP contribution in [-0.2, 0) is 4.74 Å². The first-order valence-electron chi connectivity index (χ1n) is 6.78. The maximum Gasteiger partial charge on any atom is 0.0830 e. The Labute approximate surface area is 99.5 Å². The summed E-state index contributed by atoms with van der Waals surface area (Å²) in [5.74, 6) is 0. The Morgan fingerprint density at radius 3 is 2.44 bits per heavy atom. The minimum Gasteiger partial charge on any atom is -0.371 e. The van der Waals surface area contributed by atoms with Crippen molar-refractivity contribution in [1.82, 2.24) is 10.2 Å². The molecule has 0 saturated carbocycles. The predicted molar refractivity (Wildman–Crippen MR) is 66.7 cm³/mol. The molecule has 4 atom stereocenters. The lowest BCUT2D eigenvalue weighted by Crippen LogP contribution is -2.53. The van der Waals surface area contributed by atoms with Crippen LogP contribution in [0.1, 0.15) is 40.0 Å². The van der Waals surface area contributed by atoms with Crippen molar-refractivity contribution >= 4 is 0 Å². The summed E-state index contributed by atoms with van der Waals surface area (Å²) in [6.07, 6.45) is 4.83. The summed E-state index contributed by atoms with van der Waals surface area (Å²) in [7, 11) is 0. The fourth-order valence-electron chi connectivity index (χ4n) is 3.05. The molecule has 0 bridgehead atoms. The van der Waals surface area contributed by atoms with Crippen molar-refractivity contribution in [2.75, 3.05) is 19.6 Å². The van der Waals surface area contributed by atoms with Gasteiger partial charge in [-0.05, 0) is 33.6 Å². The molecule has 0 radical (unpaired) electrons. The summed E-state index contributed by atoms with van der Waals surface area (Å²) in [6.45, 7) is 9.98. The van der Waals surface area contributed by atoms with Crippen LogP contribution >= 0.6 is 0 Å². The van der Waals surface area contributed by atoms with Gasteiger partial charge in [0.25, 0.3) is 0 Å². The monoisotopic (exact) mass is 226 g/mol. The quantitative estimate of drug-likeness (QED) is 0.774. The van der Waals surface area contributed by atoms with Crippen molar-refractivity contribution in [3.63, 3.8) is 0 Å². The second-order valence-corrected chi connectivity index (χ2v) is 5.55. The summed E-state index contributed by atoms with van der Waals surface area (Å²) >= 11 is 0. The first kappa shape index (κ1) is 12.3.